The number of aliphatic hydroxyl groups excluding tert-OH is 1. The maximum atomic E-state index is 11.6. The molecule has 3 heterocycles. The van der Waals surface area contributed by atoms with Crippen LogP contribution in [0.15, 0.2) is 53.8 Å². The van der Waals surface area contributed by atoms with Crippen LogP contribution in [0.2, 0.25) is 0 Å². The number of rotatable bonds is 11. The molecule has 35 heavy (non-hydrogen) atoms. The smallest absolute Gasteiger partial charge is 0.303 e. The number of methoxy groups -OCH3 is 1. The number of piperidine rings is 1. The predicted molar refractivity (Wildman–Crippen MR) is 139 cm³/mol. The summed E-state index contributed by atoms with van der Waals surface area (Å²) in [4.78, 5) is 18.4. The number of thioether (sulfide) groups is 1. The number of aliphatic carboxylic acids is 1. The summed E-state index contributed by atoms with van der Waals surface area (Å²) in [5.74, 6) is 1.37. The third kappa shape index (κ3) is 6.57. The molecule has 3 aromatic rings. The topological polar surface area (TPSA) is 87.8 Å². The average molecular weight is 498 g/mol. The molecule has 0 saturated carbocycles. The molecule has 2 N–H and O–H groups in total. The maximum Gasteiger partial charge on any atom is 0.303 e. The normalized spacial score (nSPS) is 19.6. The van der Waals surface area contributed by atoms with Gasteiger partial charge >= 0.3 is 5.97 Å². The van der Waals surface area contributed by atoms with Gasteiger partial charge in [0.1, 0.15) is 5.75 Å². The summed E-state index contributed by atoms with van der Waals surface area (Å²) in [6.45, 7) is 2.72. The second-order valence-electron chi connectivity index (χ2n) is 9.39. The second kappa shape index (κ2) is 11.9. The van der Waals surface area contributed by atoms with Gasteiger partial charge in [0.25, 0.3) is 0 Å². The van der Waals surface area contributed by atoms with E-state index >= 15 is 0 Å². The minimum Gasteiger partial charge on any atom is -0.497 e. The molecule has 0 spiro atoms. The largest absolute Gasteiger partial charge is 0.497 e. The van der Waals surface area contributed by atoms with Crippen molar-refractivity contribution in [3.63, 3.8) is 0 Å². The number of pyridine rings is 1. The van der Waals surface area contributed by atoms with Gasteiger partial charge in [-0.3, -0.25) is 9.78 Å². The highest BCUT2D eigenvalue weighted by atomic mass is 32.2. The first kappa shape index (κ1) is 25.5. The van der Waals surface area contributed by atoms with E-state index in [4.69, 9.17) is 4.74 Å². The van der Waals surface area contributed by atoms with Crippen LogP contribution in [0.4, 0.5) is 0 Å². The number of aryl methyl sites for hydroxylation is 1. The molecule has 2 aromatic heterocycles. The Kier molecular flexibility index (Phi) is 8.70. The van der Waals surface area contributed by atoms with Gasteiger partial charge in [0.15, 0.2) is 0 Å². The van der Waals surface area contributed by atoms with Crippen LogP contribution >= 0.6 is 11.8 Å². The van der Waals surface area contributed by atoms with E-state index in [1.165, 1.54) is 5.03 Å². The summed E-state index contributed by atoms with van der Waals surface area (Å²) in [7, 11) is 3.68. The van der Waals surface area contributed by atoms with Crippen LogP contribution in [0.1, 0.15) is 37.4 Å². The minimum absolute atomic E-state index is 0.0998. The molecule has 0 unspecified atom stereocenters. The van der Waals surface area contributed by atoms with Crippen molar-refractivity contribution in [1.82, 2.24) is 14.5 Å². The second-order valence-corrected chi connectivity index (χ2v) is 10.5. The number of carbonyl (C=O) groups is 1. The number of aromatic nitrogens is 2. The molecule has 1 aliphatic heterocycles. The van der Waals surface area contributed by atoms with E-state index in [0.29, 0.717) is 12.3 Å². The van der Waals surface area contributed by atoms with Crippen LogP contribution in [0.5, 0.6) is 5.75 Å². The van der Waals surface area contributed by atoms with E-state index in [0.717, 1.165) is 60.4 Å². The Morgan fingerprint density at radius 1 is 1.29 bits per heavy atom. The van der Waals surface area contributed by atoms with Crippen molar-refractivity contribution in [3.8, 4) is 5.75 Å². The lowest BCUT2D eigenvalue weighted by Crippen LogP contribution is -2.42. The van der Waals surface area contributed by atoms with Gasteiger partial charge in [0, 0.05) is 50.1 Å². The van der Waals surface area contributed by atoms with Crippen molar-refractivity contribution in [1.29, 1.82) is 0 Å². The molecule has 7 nitrogen and oxygen atoms in total. The van der Waals surface area contributed by atoms with Crippen molar-refractivity contribution >= 4 is 28.6 Å². The number of hydrogen-bond donors (Lipinski definition) is 2. The van der Waals surface area contributed by atoms with Crippen molar-refractivity contribution in [2.45, 2.75) is 36.8 Å². The summed E-state index contributed by atoms with van der Waals surface area (Å²) in [6.07, 6.45) is 5.70. The van der Waals surface area contributed by atoms with Crippen LogP contribution in [-0.4, -0.2) is 63.1 Å². The SMILES string of the molecule is COc1ccc2nccc([C@@H](O)CC[C@@H]3CCN(CCSc4cccn4C)C[C@@H]3CC(=O)O)c2c1. The van der Waals surface area contributed by atoms with Gasteiger partial charge in [-0.2, -0.15) is 0 Å². The monoisotopic (exact) mass is 497 g/mol. The van der Waals surface area contributed by atoms with Crippen molar-refractivity contribution in [2.24, 2.45) is 18.9 Å². The summed E-state index contributed by atoms with van der Waals surface area (Å²) in [5.41, 5.74) is 1.67. The van der Waals surface area contributed by atoms with Gasteiger partial charge in [-0.05, 0) is 79.6 Å². The molecule has 8 heteroatoms. The number of hydrogen-bond acceptors (Lipinski definition) is 6. The molecule has 1 aromatic carbocycles. The van der Waals surface area contributed by atoms with Gasteiger partial charge < -0.3 is 24.4 Å². The Morgan fingerprint density at radius 3 is 2.89 bits per heavy atom. The van der Waals surface area contributed by atoms with E-state index in [1.807, 2.05) is 36.0 Å². The summed E-state index contributed by atoms with van der Waals surface area (Å²) in [5, 5.41) is 22.7. The van der Waals surface area contributed by atoms with Crippen LogP contribution in [0.25, 0.3) is 10.9 Å². The predicted octanol–water partition coefficient (Wildman–Crippen LogP) is 4.60. The van der Waals surface area contributed by atoms with Crippen molar-refractivity contribution < 1.29 is 19.7 Å². The van der Waals surface area contributed by atoms with Gasteiger partial charge in [0.2, 0.25) is 0 Å². The Bertz CT molecular complexity index is 1130. The first-order valence-corrected chi connectivity index (χ1v) is 13.2. The summed E-state index contributed by atoms with van der Waals surface area (Å²) in [6, 6.07) is 11.7. The van der Waals surface area contributed by atoms with Crippen LogP contribution in [0.3, 0.4) is 0 Å². The van der Waals surface area contributed by atoms with Gasteiger partial charge in [0.05, 0.1) is 23.8 Å². The van der Waals surface area contributed by atoms with E-state index in [9.17, 15) is 15.0 Å². The highest BCUT2D eigenvalue weighted by Gasteiger charge is 2.31. The Hall–Kier alpha value is -2.55. The fraction of sp³-hybridized carbons (Fsp3) is 0.481. The van der Waals surface area contributed by atoms with Crippen molar-refractivity contribution in [3.05, 3.63) is 54.4 Å². The number of nitrogens with zero attached hydrogens (tertiary/aromatic N) is 3. The quantitative estimate of drug-likeness (QED) is 0.374. The Morgan fingerprint density at radius 2 is 2.14 bits per heavy atom. The number of carboxylic acid groups (broad SMARTS) is 1. The lowest BCUT2D eigenvalue weighted by molar-refractivity contribution is -0.139. The fourth-order valence-corrected chi connectivity index (χ4v) is 6.16. The number of carboxylic acids is 1. The highest BCUT2D eigenvalue weighted by molar-refractivity contribution is 7.99. The molecule has 0 amide bonds. The molecule has 1 saturated heterocycles. The molecular weight excluding hydrogens is 462 g/mol. The molecule has 188 valence electrons. The Balaban J connectivity index is 1.35. The third-order valence-corrected chi connectivity index (χ3v) is 8.22. The van der Waals surface area contributed by atoms with Crippen molar-refractivity contribution in [2.75, 3.05) is 32.5 Å². The average Bonchev–Trinajstić information content (AvgIpc) is 3.26. The van der Waals surface area contributed by atoms with Gasteiger partial charge in [-0.25, -0.2) is 0 Å². The number of aliphatic hydroxyl groups is 1. The molecule has 1 aliphatic rings. The number of likely N-dealkylation sites (tertiary alicyclic amines) is 1. The standard InChI is InChI=1S/C27H35N3O4S/c1-29-12-3-4-26(29)35-15-14-30-13-10-19(20(18-30)16-27(32)33)5-8-25(31)22-9-11-28-24-7-6-21(34-2)17-23(22)24/h3-4,6-7,9,11-12,17,19-20,25,31H,5,8,10,13-16,18H2,1-2H3,(H,32,33)/t19-,20+,25+/m1/s1. The molecule has 0 radical (unpaired) electrons. The van der Waals surface area contributed by atoms with E-state index in [2.05, 4.69) is 39.8 Å². The molecule has 3 atom stereocenters. The first-order valence-electron chi connectivity index (χ1n) is 12.2. The number of benzene rings is 1. The number of ether oxygens (including phenoxy) is 1. The lowest BCUT2D eigenvalue weighted by Gasteiger charge is -2.38. The zero-order chi connectivity index (χ0) is 24.8. The summed E-state index contributed by atoms with van der Waals surface area (Å²) >= 11 is 1.84. The highest BCUT2D eigenvalue weighted by Crippen LogP contribution is 2.35. The summed E-state index contributed by atoms with van der Waals surface area (Å²) < 4.78 is 7.48. The molecule has 1 fully saturated rings. The van der Waals surface area contributed by atoms with Crippen LogP contribution < -0.4 is 4.74 Å². The molecule has 0 bridgehead atoms. The fourth-order valence-electron chi connectivity index (χ4n) is 5.16. The van der Waals surface area contributed by atoms with E-state index in [1.54, 1.807) is 13.3 Å². The zero-order valence-corrected chi connectivity index (χ0v) is 21.3. The van der Waals surface area contributed by atoms with Gasteiger partial charge in [-0.1, -0.05) is 0 Å². The Labute approximate surface area is 211 Å². The van der Waals surface area contributed by atoms with Crippen LogP contribution in [0, 0.1) is 11.8 Å². The van der Waals surface area contributed by atoms with Gasteiger partial charge in [-0.15, -0.1) is 11.8 Å². The maximum absolute atomic E-state index is 11.6. The van der Waals surface area contributed by atoms with Crippen LogP contribution in [-0.2, 0) is 11.8 Å². The molecule has 4 rings (SSSR count). The molecule has 0 aliphatic carbocycles. The van der Waals surface area contributed by atoms with E-state index < -0.39 is 12.1 Å². The zero-order valence-electron chi connectivity index (χ0n) is 20.5. The first-order chi connectivity index (χ1) is 16.9. The lowest BCUT2D eigenvalue weighted by atomic mass is 9.79. The third-order valence-electron chi connectivity index (χ3n) is 7.12. The minimum atomic E-state index is -0.743. The van der Waals surface area contributed by atoms with E-state index in [-0.39, 0.29) is 12.3 Å². The number of fused-ring (bicyclic) bond motifs is 1. The molecular formula is C27H35N3O4S.